The minimum atomic E-state index is -0.189. The molecule has 0 saturated heterocycles. The van der Waals surface area contributed by atoms with Crippen molar-refractivity contribution in [3.63, 3.8) is 0 Å². The molecule has 0 heterocycles. The summed E-state index contributed by atoms with van der Waals surface area (Å²) in [7, 11) is 0. The third kappa shape index (κ3) is 6.04. The Bertz CT molecular complexity index is 793. The van der Waals surface area contributed by atoms with E-state index in [9.17, 15) is 9.59 Å². The Morgan fingerprint density at radius 3 is 2.46 bits per heavy atom. The second kappa shape index (κ2) is 9.60. The Morgan fingerprint density at radius 2 is 1.81 bits per heavy atom. The first-order valence-electron chi connectivity index (χ1n) is 8.37. The number of halogens is 2. The van der Waals surface area contributed by atoms with Gasteiger partial charge in [0.25, 0.3) is 0 Å². The fourth-order valence-electron chi connectivity index (χ4n) is 2.56. The number of aryl methyl sites for hydroxylation is 1. The molecule has 26 heavy (non-hydrogen) atoms. The van der Waals surface area contributed by atoms with E-state index in [1.165, 1.54) is 11.8 Å². The van der Waals surface area contributed by atoms with Crippen LogP contribution in [0.2, 0.25) is 10.0 Å². The summed E-state index contributed by atoms with van der Waals surface area (Å²) in [5.41, 5.74) is 3.07. The highest BCUT2D eigenvalue weighted by Crippen LogP contribution is 2.21. The van der Waals surface area contributed by atoms with Crippen molar-refractivity contribution < 1.29 is 9.59 Å². The number of amides is 2. The average molecular weight is 393 g/mol. The van der Waals surface area contributed by atoms with Gasteiger partial charge in [-0.3, -0.25) is 9.59 Å². The fraction of sp³-hybridized carbons (Fsp3) is 0.300. The van der Waals surface area contributed by atoms with Gasteiger partial charge in [-0.15, -0.1) is 0 Å². The van der Waals surface area contributed by atoms with Crippen LogP contribution in [0.5, 0.6) is 0 Å². The lowest BCUT2D eigenvalue weighted by Gasteiger charge is -2.21. The van der Waals surface area contributed by atoms with E-state index in [-0.39, 0.29) is 18.4 Å². The van der Waals surface area contributed by atoms with Gasteiger partial charge in [-0.2, -0.15) is 0 Å². The van der Waals surface area contributed by atoms with Crippen molar-refractivity contribution in [2.45, 2.75) is 26.8 Å². The molecule has 0 spiro atoms. The van der Waals surface area contributed by atoms with Gasteiger partial charge < -0.3 is 10.2 Å². The molecule has 0 fully saturated rings. The van der Waals surface area contributed by atoms with Gasteiger partial charge in [0.1, 0.15) is 0 Å². The highest BCUT2D eigenvalue weighted by Gasteiger charge is 2.14. The van der Waals surface area contributed by atoms with Gasteiger partial charge in [-0.05, 0) is 42.2 Å². The van der Waals surface area contributed by atoms with Gasteiger partial charge in [0.2, 0.25) is 11.8 Å². The van der Waals surface area contributed by atoms with Crippen molar-refractivity contribution in [3.05, 3.63) is 69.2 Å². The molecule has 6 heteroatoms. The fourth-order valence-corrected chi connectivity index (χ4v) is 3.06. The molecule has 2 aromatic carbocycles. The Hall–Kier alpha value is -2.04. The van der Waals surface area contributed by atoms with Crippen LogP contribution in [0.3, 0.4) is 0 Å². The standard InChI is InChI=1S/C20H22Cl2N2O2/c1-14-5-3-4-6-17(14)12-23-20(26)13-24(15(2)25)10-9-16-7-8-18(21)11-19(16)22/h3-8,11H,9-10,12-13H2,1-2H3,(H,23,26). The maximum atomic E-state index is 12.2. The maximum absolute atomic E-state index is 12.2. The maximum Gasteiger partial charge on any atom is 0.239 e. The van der Waals surface area contributed by atoms with Crippen molar-refractivity contribution in [2.75, 3.05) is 13.1 Å². The minimum absolute atomic E-state index is 0.0203. The second-order valence-corrected chi connectivity index (χ2v) is 6.97. The van der Waals surface area contributed by atoms with Gasteiger partial charge in [-0.25, -0.2) is 0 Å². The zero-order chi connectivity index (χ0) is 19.1. The Morgan fingerprint density at radius 1 is 1.08 bits per heavy atom. The van der Waals surface area contributed by atoms with Crippen LogP contribution in [0, 0.1) is 6.92 Å². The molecule has 2 aromatic rings. The van der Waals surface area contributed by atoms with Crippen molar-refractivity contribution in [1.29, 1.82) is 0 Å². The Balaban J connectivity index is 1.89. The summed E-state index contributed by atoms with van der Waals surface area (Å²) in [5, 5.41) is 3.99. The molecule has 0 saturated carbocycles. The van der Waals surface area contributed by atoms with Crippen molar-refractivity contribution in [3.8, 4) is 0 Å². The number of nitrogens with one attached hydrogen (secondary N) is 1. The molecule has 0 unspecified atom stereocenters. The van der Waals surface area contributed by atoms with Gasteiger partial charge >= 0.3 is 0 Å². The molecule has 1 N–H and O–H groups in total. The highest BCUT2D eigenvalue weighted by molar-refractivity contribution is 6.35. The van der Waals surface area contributed by atoms with E-state index in [2.05, 4.69) is 5.32 Å². The third-order valence-electron chi connectivity index (χ3n) is 4.18. The number of nitrogens with zero attached hydrogens (tertiary/aromatic N) is 1. The number of benzene rings is 2. The van der Waals surface area contributed by atoms with Gasteiger partial charge in [0.15, 0.2) is 0 Å². The molecule has 2 rings (SSSR count). The lowest BCUT2D eigenvalue weighted by Crippen LogP contribution is -2.40. The molecule has 0 aliphatic rings. The summed E-state index contributed by atoms with van der Waals surface area (Å²) < 4.78 is 0. The van der Waals surface area contributed by atoms with Crippen molar-refractivity contribution in [1.82, 2.24) is 10.2 Å². The molecular weight excluding hydrogens is 371 g/mol. The van der Waals surface area contributed by atoms with Gasteiger partial charge in [0, 0.05) is 30.1 Å². The van der Waals surface area contributed by atoms with E-state index >= 15 is 0 Å². The number of hydrogen-bond acceptors (Lipinski definition) is 2. The van der Waals surface area contributed by atoms with Crippen LogP contribution in [0.15, 0.2) is 42.5 Å². The predicted molar refractivity (Wildman–Crippen MR) is 105 cm³/mol. The van der Waals surface area contributed by atoms with E-state index in [4.69, 9.17) is 23.2 Å². The van der Waals surface area contributed by atoms with E-state index in [1.54, 1.807) is 12.1 Å². The highest BCUT2D eigenvalue weighted by atomic mass is 35.5. The van der Waals surface area contributed by atoms with Crippen LogP contribution in [-0.4, -0.2) is 29.8 Å². The molecular formula is C20H22Cl2N2O2. The summed E-state index contributed by atoms with van der Waals surface area (Å²) in [6, 6.07) is 13.1. The lowest BCUT2D eigenvalue weighted by atomic mass is 10.1. The number of carbonyl (C=O) groups is 2. The van der Waals surface area contributed by atoms with Gasteiger partial charge in [0.05, 0.1) is 6.54 Å². The van der Waals surface area contributed by atoms with Crippen molar-refractivity contribution >= 4 is 35.0 Å². The van der Waals surface area contributed by atoms with Crippen LogP contribution in [0.4, 0.5) is 0 Å². The quantitative estimate of drug-likeness (QED) is 0.773. The first-order valence-corrected chi connectivity index (χ1v) is 9.13. The topological polar surface area (TPSA) is 49.4 Å². The average Bonchev–Trinajstić information content (AvgIpc) is 2.59. The number of hydrogen-bond donors (Lipinski definition) is 1. The summed E-state index contributed by atoms with van der Waals surface area (Å²) in [5.74, 6) is -0.341. The summed E-state index contributed by atoms with van der Waals surface area (Å²) in [4.78, 5) is 25.6. The van der Waals surface area contributed by atoms with Crippen LogP contribution in [0.1, 0.15) is 23.6 Å². The van der Waals surface area contributed by atoms with Crippen LogP contribution >= 0.6 is 23.2 Å². The molecule has 0 radical (unpaired) electrons. The first kappa shape index (κ1) is 20.3. The first-order chi connectivity index (χ1) is 12.4. The molecule has 0 aromatic heterocycles. The molecule has 0 aliphatic heterocycles. The Kier molecular flexibility index (Phi) is 7.49. The SMILES string of the molecule is CC(=O)N(CCc1ccc(Cl)cc1Cl)CC(=O)NCc1ccccc1C. The minimum Gasteiger partial charge on any atom is -0.350 e. The summed E-state index contributed by atoms with van der Waals surface area (Å²) >= 11 is 12.1. The lowest BCUT2D eigenvalue weighted by molar-refractivity contribution is -0.134. The van der Waals surface area contributed by atoms with Crippen molar-refractivity contribution in [2.24, 2.45) is 0 Å². The predicted octanol–water partition coefficient (Wildman–Crippen LogP) is 4.01. The second-order valence-electron chi connectivity index (χ2n) is 6.13. The van der Waals surface area contributed by atoms with Crippen LogP contribution in [0.25, 0.3) is 0 Å². The molecule has 138 valence electrons. The molecule has 0 atom stereocenters. The van der Waals surface area contributed by atoms with Gasteiger partial charge in [-0.1, -0.05) is 53.5 Å². The van der Waals surface area contributed by atoms with E-state index in [0.717, 1.165) is 16.7 Å². The number of carbonyl (C=O) groups excluding carboxylic acids is 2. The molecule has 0 bridgehead atoms. The van der Waals surface area contributed by atoms with Crippen LogP contribution < -0.4 is 5.32 Å². The largest absolute Gasteiger partial charge is 0.350 e. The summed E-state index contributed by atoms with van der Waals surface area (Å²) in [6.45, 7) is 4.33. The Labute approximate surface area is 164 Å². The summed E-state index contributed by atoms with van der Waals surface area (Å²) in [6.07, 6.45) is 0.556. The molecule has 2 amide bonds. The smallest absolute Gasteiger partial charge is 0.239 e. The number of rotatable bonds is 7. The molecule has 4 nitrogen and oxygen atoms in total. The third-order valence-corrected chi connectivity index (χ3v) is 4.77. The van der Waals surface area contributed by atoms with E-state index < -0.39 is 0 Å². The zero-order valence-electron chi connectivity index (χ0n) is 14.9. The normalized spacial score (nSPS) is 10.5. The zero-order valence-corrected chi connectivity index (χ0v) is 16.4. The van der Waals surface area contributed by atoms with E-state index in [1.807, 2.05) is 37.3 Å². The molecule has 0 aliphatic carbocycles. The van der Waals surface area contributed by atoms with Crippen LogP contribution in [-0.2, 0) is 22.6 Å². The monoisotopic (exact) mass is 392 g/mol. The van der Waals surface area contributed by atoms with E-state index in [0.29, 0.717) is 29.6 Å².